The van der Waals surface area contributed by atoms with Gasteiger partial charge in [-0.3, -0.25) is 10.1 Å². The van der Waals surface area contributed by atoms with Gasteiger partial charge in [0, 0.05) is 17.3 Å². The number of aliphatic hydroxyl groups excluding tert-OH is 1. The first-order valence-corrected chi connectivity index (χ1v) is 6.77. The van der Waals surface area contributed by atoms with Crippen molar-refractivity contribution >= 4 is 11.4 Å². The minimum atomic E-state index is -0.372. The Morgan fingerprint density at radius 2 is 2.05 bits per heavy atom. The minimum absolute atomic E-state index is 0.00943. The van der Waals surface area contributed by atoms with Gasteiger partial charge in [-0.1, -0.05) is 25.3 Å². The molecule has 5 heteroatoms. The molecule has 1 saturated carbocycles. The minimum Gasteiger partial charge on any atom is -0.391 e. The van der Waals surface area contributed by atoms with Gasteiger partial charge in [0.1, 0.15) is 0 Å². The molecule has 1 aliphatic rings. The van der Waals surface area contributed by atoms with E-state index in [-0.39, 0.29) is 22.8 Å². The third-order valence-corrected chi connectivity index (χ3v) is 3.74. The van der Waals surface area contributed by atoms with Crippen molar-refractivity contribution < 1.29 is 10.0 Å². The highest BCUT2D eigenvalue weighted by Crippen LogP contribution is 2.26. The average molecular weight is 264 g/mol. The summed E-state index contributed by atoms with van der Waals surface area (Å²) in [5.41, 5.74) is 1.48. The molecule has 0 saturated heterocycles. The number of nitro benzene ring substituents is 1. The van der Waals surface area contributed by atoms with Crippen LogP contribution in [0.4, 0.5) is 11.4 Å². The van der Waals surface area contributed by atoms with Crippen LogP contribution in [0.15, 0.2) is 18.2 Å². The fourth-order valence-electron chi connectivity index (χ4n) is 2.57. The van der Waals surface area contributed by atoms with Gasteiger partial charge in [-0.25, -0.2) is 0 Å². The van der Waals surface area contributed by atoms with Crippen molar-refractivity contribution in [3.8, 4) is 0 Å². The third kappa shape index (κ3) is 3.44. The third-order valence-electron chi connectivity index (χ3n) is 3.74. The van der Waals surface area contributed by atoms with Crippen LogP contribution >= 0.6 is 0 Å². The quantitative estimate of drug-likeness (QED) is 0.500. The summed E-state index contributed by atoms with van der Waals surface area (Å²) in [6, 6.07) is 5.11. The van der Waals surface area contributed by atoms with Crippen LogP contribution in [0, 0.1) is 17.0 Å². The molecule has 1 aromatic rings. The maximum atomic E-state index is 10.9. The van der Waals surface area contributed by atoms with Gasteiger partial charge in [-0.15, -0.1) is 0 Å². The van der Waals surface area contributed by atoms with Crippen LogP contribution in [0.25, 0.3) is 0 Å². The molecule has 0 bridgehead atoms. The summed E-state index contributed by atoms with van der Waals surface area (Å²) in [6.45, 7) is 1.72. The summed E-state index contributed by atoms with van der Waals surface area (Å²) in [6.07, 6.45) is 4.61. The summed E-state index contributed by atoms with van der Waals surface area (Å²) < 4.78 is 0. The zero-order chi connectivity index (χ0) is 13.8. The van der Waals surface area contributed by atoms with Crippen molar-refractivity contribution in [1.82, 2.24) is 0 Å². The lowest BCUT2D eigenvalue weighted by Crippen LogP contribution is -2.32. The predicted molar refractivity (Wildman–Crippen MR) is 74.3 cm³/mol. The van der Waals surface area contributed by atoms with Crippen LogP contribution in [0.1, 0.15) is 37.7 Å². The van der Waals surface area contributed by atoms with Gasteiger partial charge in [0.25, 0.3) is 5.69 Å². The first-order chi connectivity index (χ1) is 9.08. The number of aryl methyl sites for hydroxylation is 1. The number of nitro groups is 1. The van der Waals surface area contributed by atoms with Crippen LogP contribution in [0.5, 0.6) is 0 Å². The van der Waals surface area contributed by atoms with E-state index in [0.717, 1.165) is 32.1 Å². The molecule has 19 heavy (non-hydrogen) atoms. The van der Waals surface area contributed by atoms with E-state index in [1.165, 1.54) is 0 Å². The maximum Gasteiger partial charge on any atom is 0.274 e. The Morgan fingerprint density at radius 3 is 2.79 bits per heavy atom. The zero-order valence-electron chi connectivity index (χ0n) is 11.1. The first-order valence-electron chi connectivity index (χ1n) is 6.77. The fourth-order valence-corrected chi connectivity index (χ4v) is 2.57. The number of nitrogens with zero attached hydrogens (tertiary/aromatic N) is 1. The van der Waals surface area contributed by atoms with Crippen molar-refractivity contribution in [2.24, 2.45) is 0 Å². The first kappa shape index (κ1) is 13.8. The average Bonchev–Trinajstić information content (AvgIpc) is 2.57. The molecule has 0 heterocycles. The highest BCUT2D eigenvalue weighted by atomic mass is 16.6. The summed E-state index contributed by atoms with van der Waals surface area (Å²) in [7, 11) is 0. The number of rotatable bonds is 3. The Bertz CT molecular complexity index is 462. The molecule has 1 fully saturated rings. The Hall–Kier alpha value is -1.62. The predicted octanol–water partition coefficient (Wildman–Crippen LogP) is 3.01. The van der Waals surface area contributed by atoms with Crippen LogP contribution in [0.3, 0.4) is 0 Å². The molecule has 0 amide bonds. The van der Waals surface area contributed by atoms with Crippen LogP contribution in [-0.2, 0) is 0 Å². The molecule has 5 nitrogen and oxygen atoms in total. The molecular formula is C14H20N2O3. The molecule has 0 aromatic heterocycles. The van der Waals surface area contributed by atoms with Crippen LogP contribution in [0.2, 0.25) is 0 Å². The molecular weight excluding hydrogens is 244 g/mol. The largest absolute Gasteiger partial charge is 0.391 e. The van der Waals surface area contributed by atoms with Gasteiger partial charge in [0.15, 0.2) is 0 Å². The van der Waals surface area contributed by atoms with Gasteiger partial charge in [0.05, 0.1) is 17.1 Å². The molecule has 2 atom stereocenters. The molecule has 1 aromatic carbocycles. The van der Waals surface area contributed by atoms with E-state index in [2.05, 4.69) is 5.32 Å². The van der Waals surface area contributed by atoms with Crippen molar-refractivity contribution in [2.45, 2.75) is 51.2 Å². The summed E-state index contributed by atoms with van der Waals surface area (Å²) in [5, 5.41) is 24.2. The smallest absolute Gasteiger partial charge is 0.274 e. The number of anilines is 1. The molecule has 2 rings (SSSR count). The fraction of sp³-hybridized carbons (Fsp3) is 0.571. The Balaban J connectivity index is 2.13. The molecule has 1 aliphatic carbocycles. The Morgan fingerprint density at radius 1 is 1.32 bits per heavy atom. The zero-order valence-corrected chi connectivity index (χ0v) is 11.1. The Labute approximate surface area is 112 Å². The second kappa shape index (κ2) is 6.02. The summed E-state index contributed by atoms with van der Waals surface area (Å²) >= 11 is 0. The van der Waals surface area contributed by atoms with Crippen LogP contribution in [-0.4, -0.2) is 22.2 Å². The lowest BCUT2D eigenvalue weighted by Gasteiger charge is -2.22. The molecule has 2 unspecified atom stereocenters. The van der Waals surface area contributed by atoms with E-state index in [4.69, 9.17) is 0 Å². The highest BCUT2D eigenvalue weighted by Gasteiger charge is 2.22. The van der Waals surface area contributed by atoms with E-state index in [0.29, 0.717) is 11.3 Å². The molecule has 0 aliphatic heterocycles. The molecule has 104 valence electrons. The van der Waals surface area contributed by atoms with Crippen molar-refractivity contribution in [3.05, 3.63) is 33.9 Å². The number of benzene rings is 1. The van der Waals surface area contributed by atoms with E-state index < -0.39 is 0 Å². The summed E-state index contributed by atoms with van der Waals surface area (Å²) in [4.78, 5) is 10.5. The number of hydrogen-bond donors (Lipinski definition) is 2. The van der Waals surface area contributed by atoms with E-state index >= 15 is 0 Å². The van der Waals surface area contributed by atoms with E-state index in [1.807, 2.05) is 6.07 Å². The molecule has 0 radical (unpaired) electrons. The van der Waals surface area contributed by atoms with Crippen LogP contribution < -0.4 is 5.32 Å². The van der Waals surface area contributed by atoms with Crippen molar-refractivity contribution in [1.29, 1.82) is 0 Å². The number of aliphatic hydroxyl groups is 1. The lowest BCUT2D eigenvalue weighted by molar-refractivity contribution is -0.385. The normalized spacial score (nSPS) is 23.7. The van der Waals surface area contributed by atoms with Crippen molar-refractivity contribution in [2.75, 3.05) is 5.32 Å². The maximum absolute atomic E-state index is 10.9. The number of hydrogen-bond acceptors (Lipinski definition) is 4. The molecule has 0 spiro atoms. The van der Waals surface area contributed by atoms with Gasteiger partial charge in [-0.05, 0) is 25.8 Å². The monoisotopic (exact) mass is 264 g/mol. The van der Waals surface area contributed by atoms with Gasteiger partial charge >= 0.3 is 0 Å². The van der Waals surface area contributed by atoms with E-state index in [1.54, 1.807) is 19.1 Å². The second-order valence-electron chi connectivity index (χ2n) is 5.21. The Kier molecular flexibility index (Phi) is 4.37. The topological polar surface area (TPSA) is 75.4 Å². The summed E-state index contributed by atoms with van der Waals surface area (Å²) in [5.74, 6) is 0. The lowest BCUT2D eigenvalue weighted by atomic mass is 10.1. The second-order valence-corrected chi connectivity index (χ2v) is 5.21. The van der Waals surface area contributed by atoms with E-state index in [9.17, 15) is 15.2 Å². The van der Waals surface area contributed by atoms with Gasteiger partial charge in [-0.2, -0.15) is 0 Å². The van der Waals surface area contributed by atoms with Gasteiger partial charge in [0.2, 0.25) is 0 Å². The standard InChI is InChI=1S/C14H20N2O3/c1-10-7-8-11(9-13(10)16(18)19)15-12-5-3-2-4-6-14(12)17/h7-9,12,14-15,17H,2-6H2,1H3. The highest BCUT2D eigenvalue weighted by molar-refractivity contribution is 5.55. The SMILES string of the molecule is Cc1ccc(NC2CCCCCC2O)cc1[N+](=O)[O-]. The molecule has 2 N–H and O–H groups in total. The van der Waals surface area contributed by atoms with Gasteiger partial charge < -0.3 is 10.4 Å². The van der Waals surface area contributed by atoms with Crippen molar-refractivity contribution in [3.63, 3.8) is 0 Å². The number of nitrogens with one attached hydrogen (secondary N) is 1.